The molecule has 1 aromatic heterocycles. The maximum Gasteiger partial charge on any atom is 0.294 e. The predicted molar refractivity (Wildman–Crippen MR) is 81.5 cm³/mol. The van der Waals surface area contributed by atoms with Gasteiger partial charge >= 0.3 is 0 Å². The van der Waals surface area contributed by atoms with Crippen molar-refractivity contribution in [2.75, 3.05) is 6.54 Å². The topological polar surface area (TPSA) is 96.7 Å². The lowest BCUT2D eigenvalue weighted by atomic mass is 10.1. The molecule has 24 heavy (non-hydrogen) atoms. The molecule has 8 heteroatoms. The Morgan fingerprint density at radius 1 is 1.29 bits per heavy atom. The van der Waals surface area contributed by atoms with Gasteiger partial charge in [-0.15, -0.1) is 0 Å². The van der Waals surface area contributed by atoms with Crippen molar-refractivity contribution in [3.8, 4) is 5.75 Å². The minimum atomic E-state index is -0.663. The van der Waals surface area contributed by atoms with Crippen LogP contribution in [-0.2, 0) is 24.3 Å². The number of nitrogens with zero attached hydrogens (tertiary/aromatic N) is 3. The van der Waals surface area contributed by atoms with E-state index in [-0.39, 0.29) is 11.6 Å². The molecule has 124 valence electrons. The number of hydroxylamine groups is 1. The Balaban J connectivity index is 1.48. The zero-order valence-electron chi connectivity index (χ0n) is 12.8. The van der Waals surface area contributed by atoms with E-state index in [9.17, 15) is 9.59 Å². The molecular weight excluding hydrogens is 312 g/mol. The minimum Gasteiger partial charge on any atom is -0.480 e. The van der Waals surface area contributed by atoms with E-state index in [2.05, 4.69) is 4.98 Å². The van der Waals surface area contributed by atoms with Gasteiger partial charge in [0.05, 0.1) is 6.54 Å². The fraction of sp³-hybridized carbons (Fsp3) is 0.312. The molecule has 0 fully saturated rings. The number of ether oxygens (including phenoxy) is 1. The van der Waals surface area contributed by atoms with Crippen LogP contribution in [0, 0.1) is 0 Å². The molecule has 1 atom stereocenters. The molecule has 2 amide bonds. The lowest BCUT2D eigenvalue weighted by molar-refractivity contribution is -0.139. The number of benzene rings is 1. The third-order valence-corrected chi connectivity index (χ3v) is 4.37. The number of aromatic nitrogens is 2. The van der Waals surface area contributed by atoms with Crippen LogP contribution in [-0.4, -0.2) is 44.1 Å². The minimum absolute atomic E-state index is 0.0754. The van der Waals surface area contributed by atoms with Crippen molar-refractivity contribution in [1.29, 1.82) is 0 Å². The van der Waals surface area contributed by atoms with Crippen LogP contribution in [0.4, 0.5) is 0 Å². The Hall–Kier alpha value is -2.87. The van der Waals surface area contributed by atoms with Gasteiger partial charge in [0.2, 0.25) is 0 Å². The summed E-state index contributed by atoms with van der Waals surface area (Å²) >= 11 is 0. The third-order valence-electron chi connectivity index (χ3n) is 4.37. The molecule has 2 aromatic rings. The first-order chi connectivity index (χ1) is 11.7. The SMILES string of the molecule is O=C(NO)c1cn2c(n1)CN(C(=O)C1Cc3ccccc3O1)CC2. The summed E-state index contributed by atoms with van der Waals surface area (Å²) in [6, 6.07) is 7.65. The van der Waals surface area contributed by atoms with Gasteiger partial charge in [0.25, 0.3) is 11.8 Å². The Bertz CT molecular complexity index is 791. The summed E-state index contributed by atoms with van der Waals surface area (Å²) in [5.41, 5.74) is 2.73. The van der Waals surface area contributed by atoms with Gasteiger partial charge in [-0.2, -0.15) is 0 Å². The second-order valence-electron chi connectivity index (χ2n) is 5.85. The zero-order valence-corrected chi connectivity index (χ0v) is 12.8. The van der Waals surface area contributed by atoms with Crippen LogP contribution < -0.4 is 10.2 Å². The summed E-state index contributed by atoms with van der Waals surface area (Å²) in [4.78, 5) is 30.0. The first-order valence-corrected chi connectivity index (χ1v) is 7.69. The van der Waals surface area contributed by atoms with Crippen LogP contribution in [0.3, 0.4) is 0 Å². The van der Waals surface area contributed by atoms with E-state index in [0.717, 1.165) is 11.3 Å². The van der Waals surface area contributed by atoms with Crippen molar-refractivity contribution in [2.24, 2.45) is 0 Å². The number of fused-ring (bicyclic) bond motifs is 2. The van der Waals surface area contributed by atoms with Gasteiger partial charge in [-0.25, -0.2) is 10.5 Å². The van der Waals surface area contributed by atoms with Crippen LogP contribution >= 0.6 is 0 Å². The van der Waals surface area contributed by atoms with Gasteiger partial charge in [-0.1, -0.05) is 18.2 Å². The number of carbonyl (C=O) groups is 2. The number of rotatable bonds is 2. The number of carbonyl (C=O) groups excluding carboxylic acids is 2. The number of para-hydroxylation sites is 1. The standard InChI is InChI=1S/C16H16N4O4/c21-15(18-23)11-8-19-5-6-20(9-14(19)17-11)16(22)13-7-10-3-1-2-4-12(10)24-13/h1-4,8,13,23H,5-7,9H2,(H,18,21). The summed E-state index contributed by atoms with van der Waals surface area (Å²) in [7, 11) is 0. The highest BCUT2D eigenvalue weighted by Gasteiger charge is 2.34. The normalized spacial score (nSPS) is 18.5. The van der Waals surface area contributed by atoms with Gasteiger partial charge < -0.3 is 14.2 Å². The number of hydrogen-bond donors (Lipinski definition) is 2. The van der Waals surface area contributed by atoms with E-state index in [1.165, 1.54) is 0 Å². The molecule has 2 aliphatic heterocycles. The van der Waals surface area contributed by atoms with E-state index < -0.39 is 12.0 Å². The number of amides is 2. The number of hydrogen-bond acceptors (Lipinski definition) is 5. The predicted octanol–water partition coefficient (Wildman–Crippen LogP) is 0.348. The van der Waals surface area contributed by atoms with Gasteiger partial charge in [0.1, 0.15) is 17.3 Å². The molecule has 0 aliphatic carbocycles. The molecule has 0 spiro atoms. The van der Waals surface area contributed by atoms with Crippen LogP contribution in [0.5, 0.6) is 5.75 Å². The van der Waals surface area contributed by atoms with Crippen molar-refractivity contribution in [2.45, 2.75) is 25.6 Å². The molecule has 0 radical (unpaired) electrons. The lowest BCUT2D eigenvalue weighted by Gasteiger charge is -2.29. The molecule has 0 saturated carbocycles. The average Bonchev–Trinajstić information content (AvgIpc) is 3.23. The smallest absolute Gasteiger partial charge is 0.294 e. The summed E-state index contributed by atoms with van der Waals surface area (Å²) < 4.78 is 7.57. The highest BCUT2D eigenvalue weighted by Crippen LogP contribution is 2.29. The molecule has 0 saturated heterocycles. The Kier molecular flexibility index (Phi) is 3.46. The van der Waals surface area contributed by atoms with Gasteiger partial charge in [0.15, 0.2) is 6.10 Å². The van der Waals surface area contributed by atoms with Crippen molar-refractivity contribution < 1.29 is 19.5 Å². The lowest BCUT2D eigenvalue weighted by Crippen LogP contribution is -2.45. The van der Waals surface area contributed by atoms with Crippen molar-refractivity contribution in [1.82, 2.24) is 19.9 Å². The first-order valence-electron chi connectivity index (χ1n) is 7.69. The Morgan fingerprint density at radius 3 is 2.92 bits per heavy atom. The molecule has 2 N–H and O–H groups in total. The van der Waals surface area contributed by atoms with Crippen LogP contribution in [0.1, 0.15) is 21.9 Å². The second kappa shape index (κ2) is 5.64. The van der Waals surface area contributed by atoms with Gasteiger partial charge in [-0.05, 0) is 11.6 Å². The Morgan fingerprint density at radius 2 is 2.12 bits per heavy atom. The highest BCUT2D eigenvalue weighted by molar-refractivity contribution is 5.91. The van der Waals surface area contributed by atoms with Crippen LogP contribution in [0.15, 0.2) is 30.5 Å². The maximum atomic E-state index is 12.7. The summed E-state index contributed by atoms with van der Waals surface area (Å²) in [5.74, 6) is 0.637. The zero-order chi connectivity index (χ0) is 16.7. The van der Waals surface area contributed by atoms with E-state index >= 15 is 0 Å². The van der Waals surface area contributed by atoms with E-state index in [1.807, 2.05) is 28.8 Å². The summed E-state index contributed by atoms with van der Waals surface area (Å²) in [6.07, 6.45) is 1.63. The van der Waals surface area contributed by atoms with E-state index in [0.29, 0.717) is 31.9 Å². The largest absolute Gasteiger partial charge is 0.480 e. The Labute approximate surface area is 137 Å². The van der Waals surface area contributed by atoms with Crippen molar-refractivity contribution in [3.05, 3.63) is 47.5 Å². The highest BCUT2D eigenvalue weighted by atomic mass is 16.5. The fourth-order valence-electron chi connectivity index (χ4n) is 3.13. The second-order valence-corrected chi connectivity index (χ2v) is 5.85. The van der Waals surface area contributed by atoms with Crippen molar-refractivity contribution in [3.63, 3.8) is 0 Å². The van der Waals surface area contributed by atoms with Crippen LogP contribution in [0.25, 0.3) is 0 Å². The molecule has 8 nitrogen and oxygen atoms in total. The van der Waals surface area contributed by atoms with Crippen molar-refractivity contribution >= 4 is 11.8 Å². The molecule has 4 rings (SSSR count). The quantitative estimate of drug-likeness (QED) is 0.612. The first kappa shape index (κ1) is 14.7. The van der Waals surface area contributed by atoms with Crippen LogP contribution in [0.2, 0.25) is 0 Å². The summed E-state index contributed by atoms with van der Waals surface area (Å²) in [5, 5.41) is 8.69. The molecule has 1 aromatic carbocycles. The number of nitrogens with one attached hydrogen (secondary N) is 1. The maximum absolute atomic E-state index is 12.7. The van der Waals surface area contributed by atoms with Gasteiger partial charge in [-0.3, -0.25) is 14.8 Å². The average molecular weight is 328 g/mol. The van der Waals surface area contributed by atoms with E-state index in [4.69, 9.17) is 9.94 Å². The van der Waals surface area contributed by atoms with E-state index in [1.54, 1.807) is 16.6 Å². The summed E-state index contributed by atoms with van der Waals surface area (Å²) in [6.45, 7) is 1.39. The molecule has 3 heterocycles. The number of imidazole rings is 1. The fourth-order valence-corrected chi connectivity index (χ4v) is 3.13. The van der Waals surface area contributed by atoms with Gasteiger partial charge in [0, 0.05) is 25.7 Å². The molecule has 1 unspecified atom stereocenters. The molecule has 0 bridgehead atoms. The molecule has 2 aliphatic rings. The monoisotopic (exact) mass is 328 g/mol. The third kappa shape index (κ3) is 2.41. The molecular formula is C16H16N4O4.